The Bertz CT molecular complexity index is 441. The molecule has 0 atom stereocenters. The van der Waals surface area contributed by atoms with E-state index in [9.17, 15) is 4.39 Å². The fourth-order valence-corrected chi connectivity index (χ4v) is 1.37. The Morgan fingerprint density at radius 2 is 2.29 bits per heavy atom. The van der Waals surface area contributed by atoms with Crippen LogP contribution in [0.2, 0.25) is 0 Å². The average Bonchev–Trinajstić information content (AvgIpc) is 2.65. The quantitative estimate of drug-likeness (QED) is 0.713. The summed E-state index contributed by atoms with van der Waals surface area (Å²) >= 11 is 5.65. The van der Waals surface area contributed by atoms with Gasteiger partial charge in [0, 0.05) is 0 Å². The number of alkyl halides is 1. The lowest BCUT2D eigenvalue weighted by Crippen LogP contribution is -1.98. The van der Waals surface area contributed by atoms with Crippen molar-refractivity contribution in [1.29, 1.82) is 0 Å². The first-order valence-electron chi connectivity index (χ1n) is 4.02. The van der Waals surface area contributed by atoms with Gasteiger partial charge < -0.3 is 0 Å². The van der Waals surface area contributed by atoms with Crippen LogP contribution in [0.3, 0.4) is 0 Å². The van der Waals surface area contributed by atoms with E-state index in [0.29, 0.717) is 11.5 Å². The molecule has 0 amide bonds. The first-order valence-corrected chi connectivity index (χ1v) is 4.55. The number of rotatable bonds is 2. The van der Waals surface area contributed by atoms with E-state index in [2.05, 4.69) is 10.2 Å². The number of benzene rings is 1. The molecule has 0 bridgehead atoms. The van der Waals surface area contributed by atoms with E-state index in [1.807, 2.05) is 0 Å². The molecule has 0 saturated heterocycles. The molecular weight excluding hydrogens is 205 g/mol. The summed E-state index contributed by atoms with van der Waals surface area (Å²) in [4.78, 5) is 0. The zero-order valence-corrected chi connectivity index (χ0v) is 7.95. The number of nitrogens with zero attached hydrogens (tertiary/aromatic N) is 3. The highest BCUT2D eigenvalue weighted by Crippen LogP contribution is 2.12. The van der Waals surface area contributed by atoms with E-state index < -0.39 is 0 Å². The van der Waals surface area contributed by atoms with Crippen molar-refractivity contribution in [3.05, 3.63) is 42.2 Å². The maximum absolute atomic E-state index is 12.9. The minimum atomic E-state index is -0.295. The molecule has 0 unspecified atom stereocenters. The van der Waals surface area contributed by atoms with Gasteiger partial charge in [-0.2, -0.15) is 0 Å². The van der Waals surface area contributed by atoms with Crippen LogP contribution in [-0.2, 0) is 5.88 Å². The second-order valence-electron chi connectivity index (χ2n) is 2.73. The van der Waals surface area contributed by atoms with Crippen LogP contribution < -0.4 is 0 Å². The molecule has 1 aromatic carbocycles. The highest BCUT2D eigenvalue weighted by atomic mass is 35.5. The van der Waals surface area contributed by atoms with Gasteiger partial charge in [-0.3, -0.25) is 4.57 Å². The summed E-state index contributed by atoms with van der Waals surface area (Å²) in [5, 5.41) is 7.50. The van der Waals surface area contributed by atoms with E-state index in [1.165, 1.54) is 18.5 Å². The highest BCUT2D eigenvalue weighted by molar-refractivity contribution is 6.16. The first-order chi connectivity index (χ1) is 6.81. The summed E-state index contributed by atoms with van der Waals surface area (Å²) in [6, 6.07) is 6.18. The lowest BCUT2D eigenvalue weighted by Gasteiger charge is -2.03. The van der Waals surface area contributed by atoms with Crippen molar-refractivity contribution in [2.75, 3.05) is 0 Å². The monoisotopic (exact) mass is 211 g/mol. The standard InChI is InChI=1S/C9H7ClFN3/c10-5-9-13-12-6-14(9)8-3-1-2-7(11)4-8/h1-4,6H,5H2. The molecule has 1 aromatic heterocycles. The van der Waals surface area contributed by atoms with Crippen molar-refractivity contribution in [3.63, 3.8) is 0 Å². The molecule has 0 aliphatic carbocycles. The van der Waals surface area contributed by atoms with Crippen molar-refractivity contribution < 1.29 is 4.39 Å². The van der Waals surface area contributed by atoms with Gasteiger partial charge in [0.15, 0.2) is 5.82 Å². The molecule has 72 valence electrons. The maximum atomic E-state index is 12.9. The van der Waals surface area contributed by atoms with Crippen LogP contribution in [-0.4, -0.2) is 14.8 Å². The van der Waals surface area contributed by atoms with Crippen LogP contribution >= 0.6 is 11.6 Å². The molecule has 0 saturated carbocycles. The third kappa shape index (κ3) is 1.61. The van der Waals surface area contributed by atoms with Gasteiger partial charge in [-0.05, 0) is 18.2 Å². The summed E-state index contributed by atoms with van der Waals surface area (Å²) in [7, 11) is 0. The van der Waals surface area contributed by atoms with Gasteiger partial charge in [-0.15, -0.1) is 21.8 Å². The summed E-state index contributed by atoms with van der Waals surface area (Å²) in [6.07, 6.45) is 1.51. The second kappa shape index (κ2) is 3.75. The Hall–Kier alpha value is -1.42. The average molecular weight is 212 g/mol. The van der Waals surface area contributed by atoms with Crippen LogP contribution in [0, 0.1) is 5.82 Å². The largest absolute Gasteiger partial charge is 0.284 e. The molecule has 14 heavy (non-hydrogen) atoms. The Kier molecular flexibility index (Phi) is 2.45. The molecule has 5 heteroatoms. The van der Waals surface area contributed by atoms with Gasteiger partial charge in [0.25, 0.3) is 0 Å². The van der Waals surface area contributed by atoms with Crippen molar-refractivity contribution in [2.45, 2.75) is 5.88 Å². The summed E-state index contributed by atoms with van der Waals surface area (Å²) < 4.78 is 14.6. The first kappa shape index (κ1) is 9.15. The second-order valence-corrected chi connectivity index (χ2v) is 3.00. The minimum absolute atomic E-state index is 0.247. The highest BCUT2D eigenvalue weighted by Gasteiger charge is 2.04. The van der Waals surface area contributed by atoms with E-state index >= 15 is 0 Å². The Labute approximate surface area is 85.1 Å². The third-order valence-electron chi connectivity index (χ3n) is 1.82. The fraction of sp³-hybridized carbons (Fsp3) is 0.111. The van der Waals surface area contributed by atoms with Gasteiger partial charge in [0.2, 0.25) is 0 Å². The topological polar surface area (TPSA) is 30.7 Å². The predicted molar refractivity (Wildman–Crippen MR) is 50.9 cm³/mol. The minimum Gasteiger partial charge on any atom is -0.284 e. The van der Waals surface area contributed by atoms with Gasteiger partial charge in [-0.1, -0.05) is 6.07 Å². The number of aromatic nitrogens is 3. The molecule has 0 aliphatic heterocycles. The Morgan fingerprint density at radius 1 is 1.43 bits per heavy atom. The lowest BCUT2D eigenvalue weighted by atomic mass is 10.3. The van der Waals surface area contributed by atoms with E-state index in [1.54, 1.807) is 16.7 Å². The molecule has 0 N–H and O–H groups in total. The summed E-state index contributed by atoms with van der Waals surface area (Å²) in [6.45, 7) is 0. The molecule has 1 heterocycles. The molecule has 2 rings (SSSR count). The molecule has 0 radical (unpaired) electrons. The normalized spacial score (nSPS) is 10.4. The van der Waals surface area contributed by atoms with Crippen molar-refractivity contribution in [1.82, 2.24) is 14.8 Å². The number of halogens is 2. The number of hydrogen-bond donors (Lipinski definition) is 0. The molecule has 2 aromatic rings. The molecule has 0 fully saturated rings. The van der Waals surface area contributed by atoms with Crippen molar-refractivity contribution in [2.24, 2.45) is 0 Å². The van der Waals surface area contributed by atoms with Crippen LogP contribution in [0.4, 0.5) is 4.39 Å². The summed E-state index contributed by atoms with van der Waals surface area (Å²) in [5.74, 6) is 0.547. The smallest absolute Gasteiger partial charge is 0.152 e. The maximum Gasteiger partial charge on any atom is 0.152 e. The zero-order chi connectivity index (χ0) is 9.97. The van der Waals surface area contributed by atoms with E-state index in [4.69, 9.17) is 11.6 Å². The SMILES string of the molecule is Fc1cccc(-n2cnnc2CCl)c1. The van der Waals surface area contributed by atoms with Crippen LogP contribution in [0.1, 0.15) is 5.82 Å². The Balaban J connectivity index is 2.49. The molecule has 0 spiro atoms. The van der Waals surface area contributed by atoms with Gasteiger partial charge in [-0.25, -0.2) is 4.39 Å². The number of hydrogen-bond acceptors (Lipinski definition) is 2. The van der Waals surface area contributed by atoms with Crippen molar-refractivity contribution in [3.8, 4) is 5.69 Å². The van der Waals surface area contributed by atoms with Crippen molar-refractivity contribution >= 4 is 11.6 Å². The molecular formula is C9H7ClFN3. The van der Waals surface area contributed by atoms with Gasteiger partial charge in [0.1, 0.15) is 12.1 Å². The molecule has 0 aliphatic rings. The predicted octanol–water partition coefficient (Wildman–Crippen LogP) is 2.15. The van der Waals surface area contributed by atoms with Gasteiger partial charge >= 0.3 is 0 Å². The summed E-state index contributed by atoms with van der Waals surface area (Å²) in [5.41, 5.74) is 0.672. The third-order valence-corrected chi connectivity index (χ3v) is 2.06. The lowest BCUT2D eigenvalue weighted by molar-refractivity contribution is 0.626. The zero-order valence-electron chi connectivity index (χ0n) is 7.19. The van der Waals surface area contributed by atoms with Crippen LogP contribution in [0.15, 0.2) is 30.6 Å². The van der Waals surface area contributed by atoms with E-state index in [0.717, 1.165) is 0 Å². The Morgan fingerprint density at radius 3 is 3.00 bits per heavy atom. The van der Waals surface area contributed by atoms with Crippen LogP contribution in [0.5, 0.6) is 0 Å². The molecule has 3 nitrogen and oxygen atoms in total. The fourth-order valence-electron chi connectivity index (χ4n) is 1.19. The van der Waals surface area contributed by atoms with Gasteiger partial charge in [0.05, 0.1) is 11.6 Å². The van der Waals surface area contributed by atoms with E-state index in [-0.39, 0.29) is 11.7 Å². The van der Waals surface area contributed by atoms with Crippen LogP contribution in [0.25, 0.3) is 5.69 Å².